The zero-order valence-corrected chi connectivity index (χ0v) is 16.3. The van der Waals surface area contributed by atoms with E-state index in [1.807, 2.05) is 12.1 Å². The summed E-state index contributed by atoms with van der Waals surface area (Å²) in [6.45, 7) is 2.24. The topological polar surface area (TPSA) is 43.8 Å². The lowest BCUT2D eigenvalue weighted by atomic mass is 9.87. The first-order valence-corrected chi connectivity index (χ1v) is 10.2. The minimum absolute atomic E-state index is 0.222. The molecule has 0 spiro atoms. The molecule has 0 aliphatic carbocycles. The van der Waals surface area contributed by atoms with E-state index >= 15 is 0 Å². The Morgan fingerprint density at radius 2 is 2.04 bits per heavy atom. The molecule has 0 unspecified atom stereocenters. The van der Waals surface area contributed by atoms with Crippen molar-refractivity contribution in [3.05, 3.63) is 51.5 Å². The number of carbonyl (C=O) groups is 1. The Labute approximate surface area is 168 Å². The van der Waals surface area contributed by atoms with E-state index in [1.165, 1.54) is 16.8 Å². The predicted molar refractivity (Wildman–Crippen MR) is 108 cm³/mol. The number of carboxylic acid groups (broad SMARTS) is 1. The second kappa shape index (κ2) is 6.32. The zero-order valence-electron chi connectivity index (χ0n) is 14.8. The molecule has 6 heteroatoms. The monoisotopic (exact) mass is 402 g/mol. The molecule has 3 aliphatic rings. The highest BCUT2D eigenvalue weighted by Gasteiger charge is 2.44. The summed E-state index contributed by atoms with van der Waals surface area (Å²) in [5.41, 5.74) is 5.97. The van der Waals surface area contributed by atoms with Crippen LogP contribution in [0.2, 0.25) is 10.0 Å². The van der Waals surface area contributed by atoms with Crippen LogP contribution < -0.4 is 4.90 Å². The highest BCUT2D eigenvalue weighted by molar-refractivity contribution is 6.43. The van der Waals surface area contributed by atoms with Crippen molar-refractivity contribution in [3.63, 3.8) is 0 Å². The van der Waals surface area contributed by atoms with Gasteiger partial charge in [0.2, 0.25) is 0 Å². The summed E-state index contributed by atoms with van der Waals surface area (Å²) in [6, 6.07) is 10.6. The minimum atomic E-state index is -0.822. The van der Waals surface area contributed by atoms with E-state index in [4.69, 9.17) is 23.2 Å². The zero-order chi connectivity index (χ0) is 18.7. The Morgan fingerprint density at radius 3 is 2.85 bits per heavy atom. The van der Waals surface area contributed by atoms with Gasteiger partial charge in [-0.15, -0.1) is 0 Å². The highest BCUT2D eigenvalue weighted by atomic mass is 35.5. The third-order valence-electron chi connectivity index (χ3n) is 6.26. The number of likely N-dealkylation sites (tertiary alicyclic amines) is 1. The molecular formula is C21H20Cl2N2O2. The number of aryl methyl sites for hydroxylation is 1. The molecule has 2 aromatic carbocycles. The number of hydrogen-bond acceptors (Lipinski definition) is 2. The summed E-state index contributed by atoms with van der Waals surface area (Å²) >= 11 is 12.7. The summed E-state index contributed by atoms with van der Waals surface area (Å²) in [7, 11) is 0. The number of halogens is 2. The van der Waals surface area contributed by atoms with E-state index in [0.717, 1.165) is 36.9 Å². The van der Waals surface area contributed by atoms with Gasteiger partial charge >= 0.3 is 6.09 Å². The molecule has 1 N–H and O–H groups in total. The van der Waals surface area contributed by atoms with Crippen molar-refractivity contribution < 1.29 is 9.90 Å². The van der Waals surface area contributed by atoms with E-state index in [2.05, 4.69) is 17.0 Å². The first-order valence-electron chi connectivity index (χ1n) is 9.40. The van der Waals surface area contributed by atoms with Gasteiger partial charge < -0.3 is 14.9 Å². The molecule has 5 rings (SSSR count). The van der Waals surface area contributed by atoms with Crippen LogP contribution in [0.4, 0.5) is 10.5 Å². The summed E-state index contributed by atoms with van der Waals surface area (Å²) in [4.78, 5) is 15.6. The van der Waals surface area contributed by atoms with Crippen LogP contribution in [0.3, 0.4) is 0 Å². The van der Waals surface area contributed by atoms with Crippen molar-refractivity contribution in [1.29, 1.82) is 0 Å². The predicted octanol–water partition coefficient (Wildman–Crippen LogP) is 5.26. The number of anilines is 1. The second-order valence-corrected chi connectivity index (χ2v) is 8.45. The molecule has 1 fully saturated rings. The Balaban J connectivity index is 1.65. The highest BCUT2D eigenvalue weighted by Crippen LogP contribution is 2.50. The van der Waals surface area contributed by atoms with Gasteiger partial charge in [0.1, 0.15) is 0 Å². The van der Waals surface area contributed by atoms with Gasteiger partial charge in [0.05, 0.1) is 10.0 Å². The number of nitrogens with zero attached hydrogens (tertiary/aromatic N) is 2. The van der Waals surface area contributed by atoms with Crippen molar-refractivity contribution in [2.75, 3.05) is 24.5 Å². The Bertz CT molecular complexity index is 946. The van der Waals surface area contributed by atoms with Crippen LogP contribution in [0.25, 0.3) is 11.1 Å². The molecule has 0 saturated carbocycles. The average molecular weight is 403 g/mol. The first-order chi connectivity index (χ1) is 13.0. The van der Waals surface area contributed by atoms with Crippen LogP contribution in [0, 0.1) is 0 Å². The summed E-state index contributed by atoms with van der Waals surface area (Å²) in [5, 5.41) is 10.6. The third kappa shape index (κ3) is 2.61. The fourth-order valence-corrected chi connectivity index (χ4v) is 5.51. The van der Waals surface area contributed by atoms with E-state index < -0.39 is 6.09 Å². The van der Waals surface area contributed by atoms with E-state index in [-0.39, 0.29) is 5.92 Å². The van der Waals surface area contributed by atoms with Crippen LogP contribution in [0.15, 0.2) is 30.3 Å². The van der Waals surface area contributed by atoms with Crippen molar-refractivity contribution in [1.82, 2.24) is 4.90 Å². The molecular weight excluding hydrogens is 383 g/mol. The SMILES string of the molecule is O=C(O)N1CC[C@H]2[C@@H](C1)c1cc(-c3cccc(Cl)c3Cl)cc3c1N2CCC3. The fourth-order valence-electron chi connectivity index (χ4n) is 5.10. The summed E-state index contributed by atoms with van der Waals surface area (Å²) < 4.78 is 0. The standard InChI is InChI=1S/C21H20Cl2N2O2/c22-17-5-1-4-14(19(17)23)13-9-12-3-2-7-25-18-6-8-24(21(26)27)11-16(18)15(10-13)20(12)25/h1,4-5,9-10,16,18H,2-3,6-8,11H2,(H,26,27)/t16-,18-/m0/s1. The third-order valence-corrected chi connectivity index (χ3v) is 7.08. The smallest absolute Gasteiger partial charge is 0.407 e. The molecule has 4 nitrogen and oxygen atoms in total. The largest absolute Gasteiger partial charge is 0.465 e. The molecule has 2 atom stereocenters. The van der Waals surface area contributed by atoms with E-state index in [1.54, 1.807) is 11.0 Å². The van der Waals surface area contributed by atoms with Gasteiger partial charge in [0.15, 0.2) is 0 Å². The molecule has 27 heavy (non-hydrogen) atoms. The average Bonchev–Trinajstić information content (AvgIpc) is 2.99. The molecule has 3 aliphatic heterocycles. The van der Waals surface area contributed by atoms with Crippen molar-refractivity contribution >= 4 is 35.0 Å². The van der Waals surface area contributed by atoms with Gasteiger partial charge in [-0.05, 0) is 54.2 Å². The van der Waals surface area contributed by atoms with Crippen molar-refractivity contribution in [3.8, 4) is 11.1 Å². The van der Waals surface area contributed by atoms with Gasteiger partial charge in [0.25, 0.3) is 0 Å². The Kier molecular flexibility index (Phi) is 4.03. The number of benzene rings is 2. The summed E-state index contributed by atoms with van der Waals surface area (Å²) in [5.74, 6) is 0.222. The second-order valence-electron chi connectivity index (χ2n) is 7.66. The lowest BCUT2D eigenvalue weighted by molar-refractivity contribution is 0.127. The number of piperidine rings is 1. The fraction of sp³-hybridized carbons (Fsp3) is 0.381. The van der Waals surface area contributed by atoms with Crippen LogP contribution in [0.1, 0.15) is 29.9 Å². The first kappa shape index (κ1) is 17.2. The van der Waals surface area contributed by atoms with Gasteiger partial charge in [-0.1, -0.05) is 35.3 Å². The van der Waals surface area contributed by atoms with Crippen LogP contribution in [-0.4, -0.2) is 41.8 Å². The number of hydrogen-bond donors (Lipinski definition) is 1. The van der Waals surface area contributed by atoms with Crippen LogP contribution in [0.5, 0.6) is 0 Å². The van der Waals surface area contributed by atoms with Gasteiger partial charge in [-0.25, -0.2) is 4.79 Å². The maximum atomic E-state index is 11.5. The van der Waals surface area contributed by atoms with Crippen molar-refractivity contribution in [2.45, 2.75) is 31.2 Å². The maximum Gasteiger partial charge on any atom is 0.407 e. The molecule has 0 radical (unpaired) electrons. The van der Waals surface area contributed by atoms with Crippen LogP contribution in [-0.2, 0) is 6.42 Å². The Morgan fingerprint density at radius 1 is 1.19 bits per heavy atom. The number of rotatable bonds is 1. The quantitative estimate of drug-likeness (QED) is 0.706. The van der Waals surface area contributed by atoms with Crippen LogP contribution >= 0.6 is 23.2 Å². The molecule has 1 amide bonds. The number of amides is 1. The molecule has 140 valence electrons. The van der Waals surface area contributed by atoms with E-state index in [0.29, 0.717) is 29.2 Å². The maximum absolute atomic E-state index is 11.5. The van der Waals surface area contributed by atoms with Gasteiger partial charge in [-0.2, -0.15) is 0 Å². The normalized spacial score (nSPS) is 23.2. The summed E-state index contributed by atoms with van der Waals surface area (Å²) in [6.07, 6.45) is 2.24. The van der Waals surface area contributed by atoms with Gasteiger partial charge in [0, 0.05) is 42.8 Å². The molecule has 3 heterocycles. The molecule has 1 saturated heterocycles. The van der Waals surface area contributed by atoms with Gasteiger partial charge in [-0.3, -0.25) is 0 Å². The lowest BCUT2D eigenvalue weighted by Crippen LogP contribution is -2.48. The molecule has 2 aromatic rings. The lowest BCUT2D eigenvalue weighted by Gasteiger charge is -2.39. The molecule has 0 aromatic heterocycles. The van der Waals surface area contributed by atoms with E-state index in [9.17, 15) is 9.90 Å². The minimum Gasteiger partial charge on any atom is -0.465 e. The van der Waals surface area contributed by atoms with Crippen molar-refractivity contribution in [2.24, 2.45) is 0 Å². The molecule has 0 bridgehead atoms. The number of fused-ring (bicyclic) bond motifs is 3. The Hall–Kier alpha value is -1.91.